The maximum atomic E-state index is 12.6. The first kappa shape index (κ1) is 20.6. The number of benzene rings is 2. The molecule has 0 aliphatic carbocycles. The van der Waals surface area contributed by atoms with E-state index in [1.54, 1.807) is 12.1 Å². The van der Waals surface area contributed by atoms with Crippen LogP contribution in [0.4, 0.5) is 8.78 Å². The second-order valence-electron chi connectivity index (χ2n) is 5.97. The summed E-state index contributed by atoms with van der Waals surface area (Å²) in [5.74, 6) is 0.676. The fraction of sp³-hybridized carbons (Fsp3) is 0.350. The summed E-state index contributed by atoms with van der Waals surface area (Å²) in [6.07, 6.45) is 0. The van der Waals surface area contributed by atoms with Crippen LogP contribution in [-0.2, 0) is 19.7 Å². The minimum absolute atomic E-state index is 0.0385. The van der Waals surface area contributed by atoms with Crippen molar-refractivity contribution in [2.24, 2.45) is 4.99 Å². The molecule has 0 fully saturated rings. The SMILES string of the molecule is CCNC(=NCc1cc(C)ccc1OC(F)F)NCc1ccccc1CO. The van der Waals surface area contributed by atoms with Crippen LogP contribution in [0.3, 0.4) is 0 Å². The maximum Gasteiger partial charge on any atom is 0.387 e. The number of aryl methyl sites for hydroxylation is 1. The van der Waals surface area contributed by atoms with E-state index in [9.17, 15) is 13.9 Å². The van der Waals surface area contributed by atoms with Gasteiger partial charge in [0.1, 0.15) is 5.75 Å². The molecule has 5 nitrogen and oxygen atoms in total. The summed E-state index contributed by atoms with van der Waals surface area (Å²) in [6.45, 7) is 2.24. The molecule has 0 spiro atoms. The molecule has 0 heterocycles. The molecule has 0 aliphatic rings. The summed E-state index contributed by atoms with van der Waals surface area (Å²) in [7, 11) is 0. The highest BCUT2D eigenvalue weighted by atomic mass is 19.3. The van der Waals surface area contributed by atoms with Crippen molar-refractivity contribution in [1.29, 1.82) is 0 Å². The van der Waals surface area contributed by atoms with Gasteiger partial charge >= 0.3 is 6.61 Å². The molecule has 0 bridgehead atoms. The monoisotopic (exact) mass is 377 g/mol. The van der Waals surface area contributed by atoms with Crippen molar-refractivity contribution in [1.82, 2.24) is 10.6 Å². The number of halogens is 2. The smallest absolute Gasteiger partial charge is 0.387 e. The van der Waals surface area contributed by atoms with Crippen LogP contribution in [0, 0.1) is 6.92 Å². The molecule has 0 saturated heterocycles. The highest BCUT2D eigenvalue weighted by Gasteiger charge is 2.10. The Balaban J connectivity index is 2.12. The number of rotatable bonds is 8. The molecule has 27 heavy (non-hydrogen) atoms. The third-order valence-electron chi connectivity index (χ3n) is 3.92. The lowest BCUT2D eigenvalue weighted by Gasteiger charge is -2.14. The molecule has 146 valence electrons. The fourth-order valence-corrected chi connectivity index (χ4v) is 2.61. The van der Waals surface area contributed by atoms with Crippen LogP contribution in [-0.4, -0.2) is 24.2 Å². The van der Waals surface area contributed by atoms with Gasteiger partial charge in [-0.3, -0.25) is 0 Å². The molecule has 0 saturated carbocycles. The molecule has 0 atom stereocenters. The van der Waals surface area contributed by atoms with E-state index < -0.39 is 6.61 Å². The van der Waals surface area contributed by atoms with Gasteiger partial charge in [-0.25, -0.2) is 4.99 Å². The molecule has 2 rings (SSSR count). The first-order valence-corrected chi connectivity index (χ1v) is 8.77. The predicted octanol–water partition coefficient (Wildman–Crippen LogP) is 3.34. The molecule has 0 amide bonds. The lowest BCUT2D eigenvalue weighted by molar-refractivity contribution is -0.0504. The van der Waals surface area contributed by atoms with Crippen LogP contribution in [0.1, 0.15) is 29.2 Å². The number of guanidine groups is 1. The topological polar surface area (TPSA) is 65.9 Å². The summed E-state index contributed by atoms with van der Waals surface area (Å²) in [4.78, 5) is 4.47. The van der Waals surface area contributed by atoms with Crippen molar-refractivity contribution in [3.8, 4) is 5.75 Å². The standard InChI is InChI=1S/C20H25F2N3O2/c1-3-23-20(24-11-15-6-4-5-7-16(15)13-26)25-12-17-10-14(2)8-9-18(17)27-19(21)22/h4-10,19,26H,3,11-13H2,1-2H3,(H2,23,24,25). The number of aliphatic imine (C=N–C) groups is 1. The van der Waals surface area contributed by atoms with Crippen molar-refractivity contribution in [3.05, 3.63) is 64.7 Å². The zero-order valence-corrected chi connectivity index (χ0v) is 15.5. The fourth-order valence-electron chi connectivity index (χ4n) is 2.61. The Bertz CT molecular complexity index is 767. The number of aliphatic hydroxyl groups excluding tert-OH is 1. The largest absolute Gasteiger partial charge is 0.434 e. The van der Waals surface area contributed by atoms with Gasteiger partial charge in [-0.2, -0.15) is 8.78 Å². The molecule has 0 aliphatic heterocycles. The number of hydrogen-bond donors (Lipinski definition) is 3. The van der Waals surface area contributed by atoms with E-state index in [1.165, 1.54) is 6.07 Å². The minimum atomic E-state index is -2.88. The zero-order chi connectivity index (χ0) is 19.6. The van der Waals surface area contributed by atoms with E-state index >= 15 is 0 Å². The third-order valence-corrected chi connectivity index (χ3v) is 3.92. The first-order chi connectivity index (χ1) is 13.0. The Morgan fingerprint density at radius 2 is 1.85 bits per heavy atom. The third kappa shape index (κ3) is 6.53. The van der Waals surface area contributed by atoms with Crippen molar-refractivity contribution >= 4 is 5.96 Å². The summed E-state index contributed by atoms with van der Waals surface area (Å²) in [6, 6.07) is 12.6. The Kier molecular flexibility index (Phi) is 8.00. The second-order valence-corrected chi connectivity index (χ2v) is 5.97. The Hall–Kier alpha value is -2.67. The van der Waals surface area contributed by atoms with E-state index in [4.69, 9.17) is 0 Å². The van der Waals surface area contributed by atoms with Gasteiger partial charge < -0.3 is 20.5 Å². The second kappa shape index (κ2) is 10.5. The molecule has 7 heteroatoms. The summed E-state index contributed by atoms with van der Waals surface area (Å²) in [5, 5.41) is 15.7. The van der Waals surface area contributed by atoms with E-state index in [-0.39, 0.29) is 18.9 Å². The normalized spacial score (nSPS) is 11.6. The van der Waals surface area contributed by atoms with Crippen molar-refractivity contribution in [2.45, 2.75) is 40.2 Å². The highest BCUT2D eigenvalue weighted by Crippen LogP contribution is 2.23. The number of aliphatic hydroxyl groups is 1. The van der Waals surface area contributed by atoms with Crippen molar-refractivity contribution in [3.63, 3.8) is 0 Å². The van der Waals surface area contributed by atoms with Gasteiger partial charge in [0.25, 0.3) is 0 Å². The Morgan fingerprint density at radius 3 is 2.52 bits per heavy atom. The quantitative estimate of drug-likeness (QED) is 0.488. The van der Waals surface area contributed by atoms with E-state index in [0.717, 1.165) is 16.7 Å². The Morgan fingerprint density at radius 1 is 1.11 bits per heavy atom. The lowest BCUT2D eigenvalue weighted by Crippen LogP contribution is -2.37. The summed E-state index contributed by atoms with van der Waals surface area (Å²) < 4.78 is 29.8. The van der Waals surface area contributed by atoms with Gasteiger partial charge in [-0.1, -0.05) is 42.0 Å². The van der Waals surface area contributed by atoms with Crippen LogP contribution in [0.5, 0.6) is 5.75 Å². The van der Waals surface area contributed by atoms with Gasteiger partial charge in [0.05, 0.1) is 13.2 Å². The van der Waals surface area contributed by atoms with Gasteiger partial charge in [0, 0.05) is 18.7 Å². The predicted molar refractivity (Wildman–Crippen MR) is 102 cm³/mol. The summed E-state index contributed by atoms with van der Waals surface area (Å²) in [5.41, 5.74) is 3.33. The molecule has 2 aromatic rings. The zero-order valence-electron chi connectivity index (χ0n) is 15.5. The van der Waals surface area contributed by atoms with E-state index in [2.05, 4.69) is 20.4 Å². The van der Waals surface area contributed by atoms with Crippen LogP contribution >= 0.6 is 0 Å². The molecule has 0 radical (unpaired) electrons. The van der Waals surface area contributed by atoms with Crippen molar-refractivity contribution in [2.75, 3.05) is 6.54 Å². The maximum absolute atomic E-state index is 12.6. The van der Waals surface area contributed by atoms with Crippen LogP contribution in [0.2, 0.25) is 0 Å². The van der Waals surface area contributed by atoms with Gasteiger partial charge in [0.15, 0.2) is 5.96 Å². The van der Waals surface area contributed by atoms with E-state index in [0.29, 0.717) is 24.6 Å². The number of nitrogens with zero attached hydrogens (tertiary/aromatic N) is 1. The average Bonchev–Trinajstić information content (AvgIpc) is 2.65. The number of ether oxygens (including phenoxy) is 1. The number of nitrogens with one attached hydrogen (secondary N) is 2. The first-order valence-electron chi connectivity index (χ1n) is 8.77. The molecular formula is C20H25F2N3O2. The summed E-state index contributed by atoms with van der Waals surface area (Å²) >= 11 is 0. The molecule has 3 N–H and O–H groups in total. The number of alkyl halides is 2. The van der Waals surface area contributed by atoms with E-state index in [1.807, 2.05) is 38.1 Å². The molecule has 0 aromatic heterocycles. The van der Waals surface area contributed by atoms with Crippen LogP contribution in [0.25, 0.3) is 0 Å². The van der Waals surface area contributed by atoms with Crippen LogP contribution in [0.15, 0.2) is 47.5 Å². The molecule has 2 aromatic carbocycles. The minimum Gasteiger partial charge on any atom is -0.434 e. The Labute approximate surface area is 158 Å². The molecule has 0 unspecified atom stereocenters. The van der Waals surface area contributed by atoms with Gasteiger partial charge in [0.2, 0.25) is 0 Å². The van der Waals surface area contributed by atoms with Gasteiger partial charge in [-0.05, 0) is 31.0 Å². The van der Waals surface area contributed by atoms with Crippen LogP contribution < -0.4 is 15.4 Å². The lowest BCUT2D eigenvalue weighted by atomic mass is 10.1. The average molecular weight is 377 g/mol. The highest BCUT2D eigenvalue weighted by molar-refractivity contribution is 5.79. The molecular weight excluding hydrogens is 352 g/mol. The van der Waals surface area contributed by atoms with Crippen molar-refractivity contribution < 1.29 is 18.6 Å². The number of hydrogen-bond acceptors (Lipinski definition) is 3. The van der Waals surface area contributed by atoms with Gasteiger partial charge in [-0.15, -0.1) is 0 Å².